The fourth-order valence-electron chi connectivity index (χ4n) is 0.607. The van der Waals surface area contributed by atoms with Crippen LogP contribution in [0.1, 0.15) is 6.42 Å². The molecule has 2 atom stereocenters. The molecule has 0 spiro atoms. The second-order valence-corrected chi connectivity index (χ2v) is 5.45. The predicted octanol–water partition coefficient (Wildman–Crippen LogP) is 0.709. The van der Waals surface area contributed by atoms with Crippen LogP contribution in [0.4, 0.5) is 0 Å². The quantitative estimate of drug-likeness (QED) is 0.369. The van der Waals surface area contributed by atoms with Crippen LogP contribution >= 0.6 is 24.7 Å². The van der Waals surface area contributed by atoms with Crippen molar-refractivity contribution in [3.8, 4) is 0 Å². The Morgan fingerprint density at radius 3 is 2.46 bits per heavy atom. The van der Waals surface area contributed by atoms with Gasteiger partial charge in [-0.2, -0.15) is 0 Å². The minimum absolute atomic E-state index is 0.0632. The normalized spacial score (nSPS) is 14.1. The van der Waals surface area contributed by atoms with Crippen molar-refractivity contribution in [1.82, 2.24) is 0 Å². The number of aliphatic hydroxyl groups excluding tert-OH is 2. The van der Waals surface area contributed by atoms with Crippen LogP contribution in [-0.2, 0) is 9.26 Å². The number of alkyl halides is 1. The van der Waals surface area contributed by atoms with E-state index in [1.807, 2.05) is 0 Å². The van der Waals surface area contributed by atoms with Gasteiger partial charge in [-0.3, -0.25) is 0 Å². The third kappa shape index (κ3) is 10.7. The summed E-state index contributed by atoms with van der Waals surface area (Å²) in [6, 6.07) is 0. The molecule has 0 amide bonds. The highest BCUT2D eigenvalue weighted by Gasteiger charge is 2.03. The average Bonchev–Trinajstić information content (AvgIpc) is 2.13. The predicted molar refractivity (Wildman–Crippen MR) is 56.6 cm³/mol. The van der Waals surface area contributed by atoms with E-state index in [2.05, 4.69) is 15.9 Å². The molecule has 0 radical (unpaired) electrons. The lowest BCUT2D eigenvalue weighted by molar-refractivity contribution is 0.0923. The molecule has 2 N–H and O–H groups in total. The molecule has 0 aliphatic rings. The van der Waals surface area contributed by atoms with Crippen molar-refractivity contribution in [1.29, 1.82) is 0 Å². The summed E-state index contributed by atoms with van der Waals surface area (Å²) >= 11 is 3.42. The van der Waals surface area contributed by atoms with Crippen LogP contribution < -0.4 is 0 Å². The number of hydrogen-bond donors (Lipinski definition) is 2. The Morgan fingerprint density at radius 1 is 1.15 bits per heavy atom. The van der Waals surface area contributed by atoms with E-state index in [-0.39, 0.29) is 17.8 Å². The molecule has 4 nitrogen and oxygen atoms in total. The molecule has 0 heterocycles. The molecule has 0 saturated carbocycles. The zero-order valence-electron chi connectivity index (χ0n) is 7.41. The van der Waals surface area contributed by atoms with E-state index in [1.165, 1.54) is 0 Å². The first-order valence-corrected chi connectivity index (χ1v) is 6.02. The van der Waals surface area contributed by atoms with E-state index in [0.717, 1.165) is 6.42 Å². The Balaban J connectivity index is 3.05. The van der Waals surface area contributed by atoms with Crippen LogP contribution in [0.2, 0.25) is 0 Å². The first-order chi connectivity index (χ1) is 6.31. The van der Waals surface area contributed by atoms with Crippen molar-refractivity contribution in [2.75, 3.05) is 33.0 Å². The van der Waals surface area contributed by atoms with Gasteiger partial charge in [0.05, 0.1) is 31.0 Å². The second kappa shape index (κ2) is 10.8. The summed E-state index contributed by atoms with van der Waals surface area (Å²) in [4.78, 5) is 0. The van der Waals surface area contributed by atoms with Gasteiger partial charge in [0.25, 0.3) is 0 Å². The Kier molecular flexibility index (Phi) is 11.5. The van der Waals surface area contributed by atoms with Gasteiger partial charge in [0.1, 0.15) is 0 Å². The number of hydrogen-bond acceptors (Lipinski definition) is 4. The third-order valence-electron chi connectivity index (χ3n) is 1.16. The van der Waals surface area contributed by atoms with Crippen LogP contribution in [0.15, 0.2) is 0 Å². The molecule has 0 aliphatic heterocycles. The number of rotatable bonds is 9. The van der Waals surface area contributed by atoms with E-state index >= 15 is 0 Å². The fraction of sp³-hybridized carbons (Fsp3) is 1.00. The lowest BCUT2D eigenvalue weighted by Gasteiger charge is -2.09. The van der Waals surface area contributed by atoms with Crippen LogP contribution in [0.5, 0.6) is 0 Å². The van der Waals surface area contributed by atoms with Gasteiger partial charge in [-0.15, -0.1) is 0 Å². The molecule has 0 aromatic heterocycles. The zero-order valence-corrected chi connectivity index (χ0v) is 9.99. The summed E-state index contributed by atoms with van der Waals surface area (Å²) in [5, 5.41) is 16.9. The summed E-state index contributed by atoms with van der Waals surface area (Å²) < 4.78 is 10.5. The van der Waals surface area contributed by atoms with Crippen molar-refractivity contribution in [3.63, 3.8) is 0 Å². The maximum Gasteiger partial charge on any atom is 0.0737 e. The van der Waals surface area contributed by atoms with Crippen LogP contribution in [0.3, 0.4) is 0 Å². The molecule has 0 aliphatic carbocycles. The minimum atomic E-state index is 0.0632. The summed E-state index contributed by atoms with van der Waals surface area (Å²) in [6.07, 6.45) is 0.851. The van der Waals surface area contributed by atoms with Gasteiger partial charge in [-0.1, -0.05) is 15.9 Å². The Labute approximate surface area is 88.6 Å². The average molecular weight is 275 g/mol. The highest BCUT2D eigenvalue weighted by Crippen LogP contribution is 2.28. The first kappa shape index (κ1) is 13.8. The number of halogens is 1. The van der Waals surface area contributed by atoms with Crippen molar-refractivity contribution in [3.05, 3.63) is 0 Å². The number of aliphatic hydroxyl groups is 2. The van der Waals surface area contributed by atoms with E-state index in [1.54, 1.807) is 0 Å². The number of ether oxygens (including phenoxy) is 1. The molecule has 0 bridgehead atoms. The maximum atomic E-state index is 8.44. The molecule has 80 valence electrons. The standard InChI is InChI=1S/C7H16BrO4P/c8-7(13-12-6-3-10)1-4-11-5-2-9/h7,9-10,13H,1-6H2. The fourth-order valence-corrected chi connectivity index (χ4v) is 1.82. The Bertz CT molecular complexity index is 106. The molecule has 0 aromatic rings. The lowest BCUT2D eigenvalue weighted by Crippen LogP contribution is -2.04. The first-order valence-electron chi connectivity index (χ1n) is 4.12. The van der Waals surface area contributed by atoms with Gasteiger partial charge in [0, 0.05) is 15.4 Å². The van der Waals surface area contributed by atoms with Gasteiger partial charge in [0.2, 0.25) is 0 Å². The third-order valence-corrected chi connectivity index (χ3v) is 3.09. The second-order valence-electron chi connectivity index (χ2n) is 2.28. The summed E-state index contributed by atoms with van der Waals surface area (Å²) in [5.41, 5.74) is 0. The van der Waals surface area contributed by atoms with Crippen LogP contribution in [0, 0.1) is 0 Å². The van der Waals surface area contributed by atoms with Crippen molar-refractivity contribution in [2.24, 2.45) is 0 Å². The van der Waals surface area contributed by atoms with Gasteiger partial charge in [-0.25, -0.2) is 0 Å². The molecule has 0 aromatic carbocycles. The molecule has 6 heteroatoms. The Morgan fingerprint density at radius 2 is 1.85 bits per heavy atom. The monoisotopic (exact) mass is 274 g/mol. The van der Waals surface area contributed by atoms with Crippen molar-refractivity contribution in [2.45, 2.75) is 11.0 Å². The highest BCUT2D eigenvalue weighted by atomic mass is 79.9. The van der Waals surface area contributed by atoms with E-state index < -0.39 is 0 Å². The SMILES string of the molecule is OCCOCCC(Br)POCCO. The lowest BCUT2D eigenvalue weighted by atomic mass is 10.5. The van der Waals surface area contributed by atoms with E-state index in [9.17, 15) is 0 Å². The topological polar surface area (TPSA) is 58.9 Å². The van der Waals surface area contributed by atoms with Gasteiger partial charge < -0.3 is 19.5 Å². The molecule has 0 fully saturated rings. The van der Waals surface area contributed by atoms with Gasteiger partial charge in [-0.05, 0) is 6.42 Å². The minimum Gasteiger partial charge on any atom is -0.394 e. The molecular weight excluding hydrogens is 259 g/mol. The summed E-state index contributed by atoms with van der Waals surface area (Å²) in [6.45, 7) is 1.52. The van der Waals surface area contributed by atoms with E-state index in [4.69, 9.17) is 19.5 Å². The molecule has 13 heavy (non-hydrogen) atoms. The maximum absolute atomic E-state index is 8.44. The molecule has 0 saturated heterocycles. The van der Waals surface area contributed by atoms with Gasteiger partial charge >= 0.3 is 0 Å². The smallest absolute Gasteiger partial charge is 0.0737 e. The van der Waals surface area contributed by atoms with Crippen molar-refractivity contribution >= 4 is 24.7 Å². The Hall–Kier alpha value is 0.750. The van der Waals surface area contributed by atoms with E-state index in [0.29, 0.717) is 28.6 Å². The zero-order chi connectivity index (χ0) is 9.94. The largest absolute Gasteiger partial charge is 0.394 e. The van der Waals surface area contributed by atoms with Gasteiger partial charge in [0.15, 0.2) is 0 Å². The van der Waals surface area contributed by atoms with Crippen molar-refractivity contribution < 1.29 is 19.5 Å². The molecule has 2 unspecified atom stereocenters. The van der Waals surface area contributed by atoms with Crippen LogP contribution in [0.25, 0.3) is 0 Å². The summed E-state index contributed by atoms with van der Waals surface area (Å²) in [7, 11) is 0.339. The highest BCUT2D eigenvalue weighted by molar-refractivity contribution is 9.10. The molecular formula is C7H16BrO4P. The summed E-state index contributed by atoms with van der Waals surface area (Å²) in [5.74, 6) is 0. The molecule has 0 rings (SSSR count). The van der Waals surface area contributed by atoms with Crippen LogP contribution in [-0.4, -0.2) is 47.8 Å².